The second-order valence-electron chi connectivity index (χ2n) is 4.81. The van der Waals surface area contributed by atoms with Gasteiger partial charge in [-0.2, -0.15) is 0 Å². The fourth-order valence-corrected chi connectivity index (χ4v) is 2.48. The summed E-state index contributed by atoms with van der Waals surface area (Å²) in [5, 5.41) is 6.89. The third-order valence-corrected chi connectivity index (χ3v) is 3.64. The molecule has 1 heterocycles. The average Bonchev–Trinajstić information content (AvgIpc) is 2.71. The summed E-state index contributed by atoms with van der Waals surface area (Å²) in [4.78, 5) is 4.71. The molecule has 1 rings (SSSR count). The zero-order valence-electron chi connectivity index (χ0n) is 10.9. The molecule has 2 nitrogen and oxygen atoms in total. The molecule has 92 valence electrons. The van der Waals surface area contributed by atoms with Crippen molar-refractivity contribution in [2.75, 3.05) is 13.1 Å². The van der Waals surface area contributed by atoms with Crippen LogP contribution in [0, 0.1) is 5.92 Å². The molecule has 0 saturated heterocycles. The number of likely N-dealkylation sites (N-methyl/N-ethyl adjacent to an activating group) is 1. The van der Waals surface area contributed by atoms with E-state index in [4.69, 9.17) is 4.98 Å². The quantitative estimate of drug-likeness (QED) is 0.789. The molecule has 0 aliphatic heterocycles. The van der Waals surface area contributed by atoms with Gasteiger partial charge in [-0.25, -0.2) is 4.98 Å². The third kappa shape index (κ3) is 4.62. The maximum atomic E-state index is 4.71. The molecule has 0 amide bonds. The van der Waals surface area contributed by atoms with Crippen LogP contribution in [-0.2, 0) is 6.42 Å². The Morgan fingerprint density at radius 1 is 1.38 bits per heavy atom. The second kappa shape index (κ2) is 7.02. The Morgan fingerprint density at radius 2 is 2.12 bits per heavy atom. The van der Waals surface area contributed by atoms with Crippen LogP contribution in [0.1, 0.15) is 50.7 Å². The lowest BCUT2D eigenvalue weighted by Gasteiger charge is -2.08. The minimum atomic E-state index is 0.531. The molecule has 0 aromatic carbocycles. The van der Waals surface area contributed by atoms with E-state index in [0.29, 0.717) is 5.92 Å². The van der Waals surface area contributed by atoms with Crippen molar-refractivity contribution in [3.05, 3.63) is 16.1 Å². The first-order chi connectivity index (χ1) is 7.63. The van der Waals surface area contributed by atoms with Crippen molar-refractivity contribution in [2.24, 2.45) is 5.92 Å². The van der Waals surface area contributed by atoms with Gasteiger partial charge in [-0.05, 0) is 25.3 Å². The summed E-state index contributed by atoms with van der Waals surface area (Å²) in [6, 6.07) is 0. The largest absolute Gasteiger partial charge is 0.316 e. The van der Waals surface area contributed by atoms with Gasteiger partial charge in [0.15, 0.2) is 0 Å². The summed E-state index contributed by atoms with van der Waals surface area (Å²) in [7, 11) is 0. The SMILES string of the molecule is CCNCC(C)c1csc(CCC(C)C)n1. The lowest BCUT2D eigenvalue weighted by Crippen LogP contribution is -2.19. The lowest BCUT2D eigenvalue weighted by atomic mass is 10.1. The van der Waals surface area contributed by atoms with E-state index in [-0.39, 0.29) is 0 Å². The Morgan fingerprint density at radius 3 is 2.75 bits per heavy atom. The van der Waals surface area contributed by atoms with Gasteiger partial charge in [-0.15, -0.1) is 11.3 Å². The highest BCUT2D eigenvalue weighted by molar-refractivity contribution is 7.09. The summed E-state index contributed by atoms with van der Waals surface area (Å²) >= 11 is 1.81. The van der Waals surface area contributed by atoms with E-state index in [1.54, 1.807) is 0 Å². The van der Waals surface area contributed by atoms with E-state index < -0.39 is 0 Å². The molecule has 0 bridgehead atoms. The fraction of sp³-hybridized carbons (Fsp3) is 0.769. The predicted octanol–water partition coefficient (Wildman–Crippen LogP) is 3.44. The normalized spacial score (nSPS) is 13.3. The van der Waals surface area contributed by atoms with Crippen LogP contribution in [0.2, 0.25) is 0 Å². The highest BCUT2D eigenvalue weighted by Crippen LogP contribution is 2.20. The van der Waals surface area contributed by atoms with E-state index in [1.807, 2.05) is 11.3 Å². The Kier molecular flexibility index (Phi) is 5.99. The second-order valence-corrected chi connectivity index (χ2v) is 5.75. The van der Waals surface area contributed by atoms with Gasteiger partial charge >= 0.3 is 0 Å². The molecule has 0 radical (unpaired) electrons. The van der Waals surface area contributed by atoms with E-state index in [1.165, 1.54) is 17.1 Å². The maximum Gasteiger partial charge on any atom is 0.0928 e. The van der Waals surface area contributed by atoms with Crippen molar-refractivity contribution in [3.63, 3.8) is 0 Å². The molecule has 1 N–H and O–H groups in total. The smallest absolute Gasteiger partial charge is 0.0928 e. The van der Waals surface area contributed by atoms with Crippen LogP contribution >= 0.6 is 11.3 Å². The molecule has 1 aromatic heterocycles. The van der Waals surface area contributed by atoms with E-state index >= 15 is 0 Å². The maximum absolute atomic E-state index is 4.71. The number of aromatic nitrogens is 1. The van der Waals surface area contributed by atoms with Crippen LogP contribution in [0.15, 0.2) is 5.38 Å². The van der Waals surface area contributed by atoms with Gasteiger partial charge in [-0.1, -0.05) is 27.7 Å². The molecule has 1 unspecified atom stereocenters. The first-order valence-corrected chi connectivity index (χ1v) is 7.16. The van der Waals surface area contributed by atoms with Gasteiger partial charge in [0.2, 0.25) is 0 Å². The molecule has 0 fully saturated rings. The van der Waals surface area contributed by atoms with Crippen LogP contribution in [-0.4, -0.2) is 18.1 Å². The molecular weight excluding hydrogens is 216 g/mol. The minimum Gasteiger partial charge on any atom is -0.316 e. The zero-order chi connectivity index (χ0) is 12.0. The summed E-state index contributed by atoms with van der Waals surface area (Å²) in [5.41, 5.74) is 1.25. The van der Waals surface area contributed by atoms with Crippen LogP contribution in [0.3, 0.4) is 0 Å². The van der Waals surface area contributed by atoms with Crippen LogP contribution < -0.4 is 5.32 Å². The summed E-state index contributed by atoms with van der Waals surface area (Å²) in [6.45, 7) is 11.0. The van der Waals surface area contributed by atoms with Gasteiger partial charge in [0.1, 0.15) is 0 Å². The first-order valence-electron chi connectivity index (χ1n) is 6.28. The highest BCUT2D eigenvalue weighted by atomic mass is 32.1. The molecule has 1 aromatic rings. The first kappa shape index (κ1) is 13.7. The van der Waals surface area contributed by atoms with E-state index in [2.05, 4.69) is 38.4 Å². The number of hydrogen-bond donors (Lipinski definition) is 1. The van der Waals surface area contributed by atoms with Gasteiger partial charge in [-0.3, -0.25) is 0 Å². The fourth-order valence-electron chi connectivity index (χ4n) is 1.54. The Hall–Kier alpha value is -0.410. The molecule has 0 aliphatic rings. The molecule has 3 heteroatoms. The van der Waals surface area contributed by atoms with E-state index in [9.17, 15) is 0 Å². The molecule has 0 aliphatic carbocycles. The molecular formula is C13H24N2S. The molecule has 0 spiro atoms. The number of aryl methyl sites for hydroxylation is 1. The molecule has 1 atom stereocenters. The average molecular weight is 240 g/mol. The predicted molar refractivity (Wildman–Crippen MR) is 72.2 cm³/mol. The topological polar surface area (TPSA) is 24.9 Å². The van der Waals surface area contributed by atoms with Gasteiger partial charge in [0, 0.05) is 17.8 Å². The molecule has 16 heavy (non-hydrogen) atoms. The Bertz CT molecular complexity index is 294. The van der Waals surface area contributed by atoms with Crippen LogP contribution in [0.4, 0.5) is 0 Å². The number of rotatable bonds is 7. The van der Waals surface area contributed by atoms with Crippen molar-refractivity contribution < 1.29 is 0 Å². The van der Waals surface area contributed by atoms with Gasteiger partial charge in [0.05, 0.1) is 10.7 Å². The monoisotopic (exact) mass is 240 g/mol. The summed E-state index contributed by atoms with van der Waals surface area (Å²) < 4.78 is 0. The highest BCUT2D eigenvalue weighted by Gasteiger charge is 2.09. The van der Waals surface area contributed by atoms with Crippen molar-refractivity contribution >= 4 is 11.3 Å². The Balaban J connectivity index is 2.43. The van der Waals surface area contributed by atoms with Crippen LogP contribution in [0.5, 0.6) is 0 Å². The van der Waals surface area contributed by atoms with Gasteiger partial charge < -0.3 is 5.32 Å². The zero-order valence-corrected chi connectivity index (χ0v) is 11.7. The lowest BCUT2D eigenvalue weighted by molar-refractivity contribution is 0.582. The van der Waals surface area contributed by atoms with Crippen molar-refractivity contribution in [3.8, 4) is 0 Å². The minimum absolute atomic E-state index is 0.531. The summed E-state index contributed by atoms with van der Waals surface area (Å²) in [6.07, 6.45) is 2.38. The van der Waals surface area contributed by atoms with Crippen molar-refractivity contribution in [1.82, 2.24) is 10.3 Å². The van der Waals surface area contributed by atoms with Crippen molar-refractivity contribution in [2.45, 2.75) is 46.5 Å². The van der Waals surface area contributed by atoms with E-state index in [0.717, 1.165) is 25.4 Å². The number of nitrogens with one attached hydrogen (secondary N) is 1. The summed E-state index contributed by atoms with van der Waals surface area (Å²) in [5.74, 6) is 1.30. The molecule has 0 saturated carbocycles. The number of hydrogen-bond acceptors (Lipinski definition) is 3. The number of thiazole rings is 1. The number of nitrogens with zero attached hydrogens (tertiary/aromatic N) is 1. The van der Waals surface area contributed by atoms with Gasteiger partial charge in [0.25, 0.3) is 0 Å². The van der Waals surface area contributed by atoms with Crippen molar-refractivity contribution in [1.29, 1.82) is 0 Å². The van der Waals surface area contributed by atoms with Crippen LogP contribution in [0.25, 0.3) is 0 Å². The standard InChI is InChI=1S/C13H24N2S/c1-5-14-8-11(4)12-9-16-13(15-12)7-6-10(2)3/h9-11,14H,5-8H2,1-4H3. The Labute approximate surface area is 103 Å². The third-order valence-electron chi connectivity index (χ3n) is 2.71.